The molecule has 1 fully saturated rings. The number of hydrogen-bond donors (Lipinski definition) is 1. The van der Waals surface area contributed by atoms with Crippen LogP contribution < -0.4 is 4.74 Å². The Labute approximate surface area is 132 Å². The van der Waals surface area contributed by atoms with Crippen molar-refractivity contribution < 1.29 is 27.8 Å². The Hall–Kier alpha value is -1.76. The summed E-state index contributed by atoms with van der Waals surface area (Å²) in [7, 11) is 0. The van der Waals surface area contributed by atoms with Crippen molar-refractivity contribution in [2.24, 2.45) is 11.8 Å². The molecule has 0 saturated carbocycles. The van der Waals surface area contributed by atoms with Crippen LogP contribution in [0, 0.1) is 11.8 Å². The van der Waals surface area contributed by atoms with Crippen molar-refractivity contribution >= 4 is 5.97 Å². The molecule has 0 unspecified atom stereocenters. The molecule has 0 aliphatic carbocycles. The van der Waals surface area contributed by atoms with Crippen LogP contribution in [0.2, 0.25) is 0 Å². The number of halogens is 3. The first-order valence-corrected chi connectivity index (χ1v) is 7.52. The first-order chi connectivity index (χ1) is 10.8. The fraction of sp³-hybridized carbons (Fsp3) is 0.562. The van der Waals surface area contributed by atoms with E-state index in [1.54, 1.807) is 0 Å². The number of ether oxygens (including phenoxy) is 1. The van der Waals surface area contributed by atoms with Crippen LogP contribution >= 0.6 is 0 Å². The number of likely N-dealkylation sites (tertiary alicyclic amines) is 1. The van der Waals surface area contributed by atoms with Crippen molar-refractivity contribution in [1.29, 1.82) is 0 Å². The molecule has 0 radical (unpaired) electrons. The lowest BCUT2D eigenvalue weighted by molar-refractivity contribution is -0.142. The Kier molecular flexibility index (Phi) is 5.51. The number of alkyl halides is 3. The van der Waals surface area contributed by atoms with Crippen molar-refractivity contribution in [1.82, 2.24) is 4.90 Å². The molecular formula is C16H20F3NO3. The highest BCUT2D eigenvalue weighted by Gasteiger charge is 2.34. The summed E-state index contributed by atoms with van der Waals surface area (Å²) in [6.07, 6.45) is -3.74. The molecule has 1 aromatic rings. The fourth-order valence-electron chi connectivity index (χ4n) is 2.81. The third-order valence-electron chi connectivity index (χ3n) is 4.05. The van der Waals surface area contributed by atoms with E-state index < -0.39 is 17.7 Å². The molecule has 0 amide bonds. The second-order valence-corrected chi connectivity index (χ2v) is 5.91. The molecule has 23 heavy (non-hydrogen) atoms. The maximum Gasteiger partial charge on any atom is 0.416 e. The van der Waals surface area contributed by atoms with E-state index in [-0.39, 0.29) is 17.6 Å². The Morgan fingerprint density at radius 1 is 1.39 bits per heavy atom. The van der Waals surface area contributed by atoms with Crippen molar-refractivity contribution in [3.8, 4) is 5.75 Å². The van der Waals surface area contributed by atoms with Gasteiger partial charge in [-0.1, -0.05) is 13.0 Å². The number of rotatable bonds is 6. The second kappa shape index (κ2) is 7.21. The van der Waals surface area contributed by atoms with Gasteiger partial charge < -0.3 is 14.7 Å². The molecule has 4 nitrogen and oxygen atoms in total. The minimum Gasteiger partial charge on any atom is -0.494 e. The number of carboxylic acid groups (broad SMARTS) is 1. The molecule has 1 aliphatic heterocycles. The van der Waals surface area contributed by atoms with E-state index in [1.807, 2.05) is 6.92 Å². The summed E-state index contributed by atoms with van der Waals surface area (Å²) < 4.78 is 43.1. The summed E-state index contributed by atoms with van der Waals surface area (Å²) in [5, 5.41) is 9.07. The van der Waals surface area contributed by atoms with Crippen LogP contribution in [0.15, 0.2) is 24.3 Å². The molecule has 2 atom stereocenters. The zero-order chi connectivity index (χ0) is 17.0. The monoisotopic (exact) mass is 331 g/mol. The number of aliphatic carboxylic acids is 1. The zero-order valence-electron chi connectivity index (χ0n) is 12.8. The van der Waals surface area contributed by atoms with Gasteiger partial charge in [-0.05, 0) is 30.5 Å². The number of nitrogens with zero attached hydrogens (tertiary/aromatic N) is 1. The Morgan fingerprint density at radius 2 is 2.13 bits per heavy atom. The van der Waals surface area contributed by atoms with E-state index in [2.05, 4.69) is 4.90 Å². The lowest BCUT2D eigenvalue weighted by Crippen LogP contribution is -2.25. The van der Waals surface area contributed by atoms with Crippen molar-refractivity contribution in [3.05, 3.63) is 29.8 Å². The molecule has 2 rings (SSSR count). The first kappa shape index (κ1) is 17.6. The largest absolute Gasteiger partial charge is 0.494 e. The Bertz CT molecular complexity index is 548. The third kappa shape index (κ3) is 4.86. The van der Waals surface area contributed by atoms with Crippen molar-refractivity contribution in [2.75, 3.05) is 26.2 Å². The minimum absolute atomic E-state index is 0.108. The van der Waals surface area contributed by atoms with Crippen molar-refractivity contribution in [2.45, 2.75) is 19.5 Å². The molecule has 0 bridgehead atoms. The highest BCUT2D eigenvalue weighted by atomic mass is 19.4. The van der Waals surface area contributed by atoms with Gasteiger partial charge in [0.15, 0.2) is 0 Å². The molecule has 1 aliphatic rings. The number of benzene rings is 1. The fourth-order valence-corrected chi connectivity index (χ4v) is 2.81. The molecule has 0 spiro atoms. The summed E-state index contributed by atoms with van der Waals surface area (Å²) in [6.45, 7) is 4.12. The summed E-state index contributed by atoms with van der Waals surface area (Å²) in [4.78, 5) is 13.1. The van der Waals surface area contributed by atoms with Gasteiger partial charge in [-0.25, -0.2) is 0 Å². The van der Waals surface area contributed by atoms with Gasteiger partial charge >= 0.3 is 12.1 Å². The normalized spacial score (nSPS) is 22.3. The van der Waals surface area contributed by atoms with Crippen molar-refractivity contribution in [3.63, 3.8) is 0 Å². The summed E-state index contributed by atoms with van der Waals surface area (Å²) in [5.41, 5.74) is -0.729. The van der Waals surface area contributed by atoms with E-state index in [0.717, 1.165) is 18.7 Å². The highest BCUT2D eigenvalue weighted by Crippen LogP contribution is 2.31. The van der Waals surface area contributed by atoms with Crippen LogP contribution in [0.3, 0.4) is 0 Å². The van der Waals surface area contributed by atoms with Crippen LogP contribution in [0.5, 0.6) is 5.75 Å². The van der Waals surface area contributed by atoms with Gasteiger partial charge in [-0.2, -0.15) is 13.2 Å². The SMILES string of the molecule is C[C@@H]1CN(CCCOc2cccc(C(F)(F)F)c2)C[C@H]1C(=O)O. The van der Waals surface area contributed by atoms with Crippen LogP contribution in [0.25, 0.3) is 0 Å². The number of carbonyl (C=O) groups is 1. The summed E-state index contributed by atoms with van der Waals surface area (Å²) in [5.74, 6) is -0.825. The Balaban J connectivity index is 1.75. The van der Waals surface area contributed by atoms with Gasteiger partial charge in [0.25, 0.3) is 0 Å². The zero-order valence-corrected chi connectivity index (χ0v) is 12.8. The van der Waals surface area contributed by atoms with E-state index in [4.69, 9.17) is 9.84 Å². The Morgan fingerprint density at radius 3 is 2.74 bits per heavy atom. The molecule has 1 aromatic carbocycles. The van der Waals surface area contributed by atoms with Crippen LogP contribution in [-0.4, -0.2) is 42.2 Å². The third-order valence-corrected chi connectivity index (χ3v) is 4.05. The minimum atomic E-state index is -4.38. The quantitative estimate of drug-likeness (QED) is 0.814. The van der Waals surface area contributed by atoms with Gasteiger partial charge in [0.2, 0.25) is 0 Å². The molecule has 7 heteroatoms. The second-order valence-electron chi connectivity index (χ2n) is 5.91. The molecule has 1 heterocycles. The highest BCUT2D eigenvalue weighted by molar-refractivity contribution is 5.71. The molecule has 128 valence electrons. The van der Waals surface area contributed by atoms with E-state index in [0.29, 0.717) is 26.1 Å². The summed E-state index contributed by atoms with van der Waals surface area (Å²) >= 11 is 0. The number of hydrogen-bond acceptors (Lipinski definition) is 3. The first-order valence-electron chi connectivity index (χ1n) is 7.52. The lowest BCUT2D eigenvalue weighted by Gasteiger charge is -2.15. The van der Waals surface area contributed by atoms with Gasteiger partial charge in [-0.15, -0.1) is 0 Å². The standard InChI is InChI=1S/C16H20F3NO3/c1-11-9-20(10-14(11)15(21)22)6-3-7-23-13-5-2-4-12(8-13)16(17,18)19/h2,4-5,8,11,14H,3,6-7,9-10H2,1H3,(H,21,22)/t11-,14-/m1/s1. The number of carboxylic acids is 1. The van der Waals surface area contributed by atoms with Crippen LogP contribution in [0.1, 0.15) is 18.9 Å². The average molecular weight is 331 g/mol. The maximum absolute atomic E-state index is 12.6. The molecule has 0 aromatic heterocycles. The van der Waals surface area contributed by atoms with E-state index >= 15 is 0 Å². The maximum atomic E-state index is 12.6. The topological polar surface area (TPSA) is 49.8 Å². The van der Waals surface area contributed by atoms with Gasteiger partial charge in [0.1, 0.15) is 5.75 Å². The van der Waals surface area contributed by atoms with Crippen LogP contribution in [0.4, 0.5) is 13.2 Å². The van der Waals surface area contributed by atoms with E-state index in [1.165, 1.54) is 12.1 Å². The smallest absolute Gasteiger partial charge is 0.416 e. The van der Waals surface area contributed by atoms with Gasteiger partial charge in [0, 0.05) is 19.6 Å². The lowest BCUT2D eigenvalue weighted by atomic mass is 9.99. The summed E-state index contributed by atoms with van der Waals surface area (Å²) in [6, 6.07) is 4.80. The van der Waals surface area contributed by atoms with E-state index in [9.17, 15) is 18.0 Å². The molecule has 1 saturated heterocycles. The van der Waals surface area contributed by atoms with Crippen LogP contribution in [-0.2, 0) is 11.0 Å². The predicted octanol–water partition coefficient (Wildman–Crippen LogP) is 3.13. The average Bonchev–Trinajstić information content (AvgIpc) is 2.84. The molecular weight excluding hydrogens is 311 g/mol. The van der Waals surface area contributed by atoms with Gasteiger partial charge in [-0.3, -0.25) is 4.79 Å². The van der Waals surface area contributed by atoms with Gasteiger partial charge in [0.05, 0.1) is 18.1 Å². The molecule has 1 N–H and O–H groups in total. The predicted molar refractivity (Wildman–Crippen MR) is 78.3 cm³/mol.